The largest absolute Gasteiger partial charge is 0.460 e. The van der Waals surface area contributed by atoms with Gasteiger partial charge in [0.2, 0.25) is 5.78 Å². The number of hydrogen-bond donors (Lipinski definition) is 4. The monoisotopic (exact) mass is 1010 g/mol. The highest BCUT2D eigenvalue weighted by Crippen LogP contribution is 2.36. The van der Waals surface area contributed by atoms with Crippen LogP contribution in [0.3, 0.4) is 0 Å². The number of carbonyl (C=O) groups is 5. The van der Waals surface area contributed by atoms with Crippen LogP contribution in [0.4, 0.5) is 0 Å². The number of methoxy groups -OCH3 is 3. The number of ether oxygens (including phenoxy) is 5. The molecule has 4 rings (SSSR count). The number of aliphatic hydroxyl groups is 2. The molecule has 1 aliphatic carbocycles. The zero-order chi connectivity index (χ0) is 52.9. The fourth-order valence-electron chi connectivity index (χ4n) is 10.9. The SMILES string of the molecule is COC1C[C@H](CC(C)[C@@H]2CC(=O)[C@H](C)/C=C(\C)[C@@H](O)[C@@H](OC)C(=O)[C@@H](C)C[C@H](C)/C=C/CC/C=C(\C)[C@@H](OC)C[C@H](CCC(C)CO)OCCC(=O)C(=O)N3CCCC[C@H]3C(=O)O2)CC[C@@H]1C[NH+]1N=CN[N-]1. The van der Waals surface area contributed by atoms with Gasteiger partial charge in [0.25, 0.3) is 5.91 Å². The number of allylic oxidation sites excluding steroid dienone is 4. The molecule has 72 heavy (non-hydrogen) atoms. The number of quaternary nitrogens is 1. The lowest BCUT2D eigenvalue weighted by Gasteiger charge is -2.38. The van der Waals surface area contributed by atoms with E-state index in [1.165, 1.54) is 12.0 Å². The summed E-state index contributed by atoms with van der Waals surface area (Å²) in [4.78, 5) is 71.5. The average Bonchev–Trinajstić information content (AvgIpc) is 3.89. The number of aliphatic hydroxyl groups excluding tert-OH is 2. The average molecular weight is 1010 g/mol. The molecule has 408 valence electrons. The van der Waals surface area contributed by atoms with Gasteiger partial charge < -0.3 is 49.8 Å². The van der Waals surface area contributed by atoms with E-state index >= 15 is 0 Å². The molecule has 0 aromatic heterocycles. The van der Waals surface area contributed by atoms with Gasteiger partial charge in [-0.3, -0.25) is 24.3 Å². The molecule has 0 aromatic carbocycles. The lowest BCUT2D eigenvalue weighted by atomic mass is 9.75. The van der Waals surface area contributed by atoms with Crippen LogP contribution >= 0.6 is 0 Å². The molecule has 3 heterocycles. The van der Waals surface area contributed by atoms with Crippen LogP contribution in [0.1, 0.15) is 145 Å². The number of nitrogens with one attached hydrogen (secondary N) is 2. The molecule has 0 bridgehead atoms. The maximum absolute atomic E-state index is 14.4. The van der Waals surface area contributed by atoms with E-state index in [4.69, 9.17) is 23.7 Å². The molecule has 4 N–H and O–H groups in total. The molecule has 3 aliphatic heterocycles. The number of carbonyl (C=O) groups excluding carboxylic acids is 5. The Morgan fingerprint density at radius 2 is 1.72 bits per heavy atom. The lowest BCUT2D eigenvalue weighted by molar-refractivity contribution is -0.871. The van der Waals surface area contributed by atoms with Crippen molar-refractivity contribution in [1.82, 2.24) is 10.3 Å². The minimum Gasteiger partial charge on any atom is -0.460 e. The summed E-state index contributed by atoms with van der Waals surface area (Å²) in [5, 5.41) is 26.4. The number of nitrogens with zero attached hydrogens (tertiary/aromatic N) is 3. The van der Waals surface area contributed by atoms with E-state index < -0.39 is 53.8 Å². The van der Waals surface area contributed by atoms with Crippen molar-refractivity contribution in [3.05, 3.63) is 41.0 Å². The smallest absolute Gasteiger partial charge is 0.329 e. The molecule has 17 heteroatoms. The Bertz CT molecular complexity index is 1860. The number of amides is 1. The summed E-state index contributed by atoms with van der Waals surface area (Å²) >= 11 is 0. The first-order valence-corrected chi connectivity index (χ1v) is 26.9. The molecule has 0 spiro atoms. The third-order valence-electron chi connectivity index (χ3n) is 15.6. The molecule has 15 atom stereocenters. The number of piperidine rings is 1. The van der Waals surface area contributed by atoms with Crippen molar-refractivity contribution < 1.29 is 63.0 Å². The number of ketones is 3. The maximum atomic E-state index is 14.4. The van der Waals surface area contributed by atoms with Crippen molar-refractivity contribution in [3.63, 3.8) is 0 Å². The molecule has 1 amide bonds. The summed E-state index contributed by atoms with van der Waals surface area (Å²) in [7, 11) is 4.78. The first-order valence-electron chi connectivity index (χ1n) is 26.9. The van der Waals surface area contributed by atoms with Gasteiger partial charge in [-0.25, -0.2) is 4.79 Å². The highest BCUT2D eigenvalue weighted by molar-refractivity contribution is 6.36. The number of cyclic esters (lactones) is 1. The van der Waals surface area contributed by atoms with Crippen molar-refractivity contribution in [2.45, 2.75) is 187 Å². The zero-order valence-electron chi connectivity index (χ0n) is 45.2. The van der Waals surface area contributed by atoms with E-state index in [-0.39, 0.29) is 92.1 Å². The van der Waals surface area contributed by atoms with Crippen LogP contribution in [-0.4, -0.2) is 141 Å². The standard InChI is InChI=1S/C55H91N5O12/c1-35-16-12-11-13-17-37(3)48(68-8)30-44(22-19-36(2)33-61)71-25-23-46(62)54(66)59-24-15-14-18-45(59)55(67)72-49(31-47(63)38(4)27-41(7)52(65)53(70-10)51(64)40(6)26-35)39(5)28-42-20-21-43(50(29-42)69-9)32-60-57-34-56-58-60/h12,16-17,27,34-36,38-40,42-45,48-50,52-53,60-61,65H,11,13-15,18-26,28-33H2,1-10H3,(H-,56,57,58,62,66)/b16-12+,37-17+,41-27+/t35-,36?,38-,39?,40+,42+,43-,44+,45+,48+,49+,50?,52-,53+/m1/s1. The highest BCUT2D eigenvalue weighted by Gasteiger charge is 2.40. The summed E-state index contributed by atoms with van der Waals surface area (Å²) in [5.74, 6) is -3.32. The highest BCUT2D eigenvalue weighted by atomic mass is 16.5. The molecule has 4 unspecified atom stereocenters. The van der Waals surface area contributed by atoms with E-state index in [1.54, 1.807) is 40.5 Å². The van der Waals surface area contributed by atoms with Crippen LogP contribution in [0.2, 0.25) is 0 Å². The minimum atomic E-state index is -1.29. The number of fused-ring (bicyclic) bond motifs is 1. The van der Waals surface area contributed by atoms with Gasteiger partial charge >= 0.3 is 5.97 Å². The summed E-state index contributed by atoms with van der Waals surface area (Å²) < 4.78 is 30.3. The van der Waals surface area contributed by atoms with E-state index in [9.17, 15) is 34.2 Å². The number of esters is 1. The van der Waals surface area contributed by atoms with Crippen LogP contribution < -0.4 is 10.5 Å². The number of Topliss-reactive ketones (excluding diaryl/α,β-unsaturated/α-hetero) is 3. The van der Waals surface area contributed by atoms with Crippen LogP contribution in [0, 0.1) is 41.4 Å². The number of hydrogen-bond acceptors (Lipinski definition) is 14. The molecule has 2 fully saturated rings. The second-order valence-electron chi connectivity index (χ2n) is 21.5. The normalized spacial score (nSPS) is 36.0. The van der Waals surface area contributed by atoms with Crippen molar-refractivity contribution in [1.29, 1.82) is 0 Å². The van der Waals surface area contributed by atoms with Crippen LogP contribution in [0.25, 0.3) is 5.53 Å². The molecule has 17 nitrogen and oxygen atoms in total. The van der Waals surface area contributed by atoms with Gasteiger partial charge in [0, 0.05) is 71.5 Å². The van der Waals surface area contributed by atoms with Gasteiger partial charge in [0.15, 0.2) is 5.78 Å². The van der Waals surface area contributed by atoms with Gasteiger partial charge in [-0.05, 0) is 126 Å². The first kappa shape index (κ1) is 60.9. The third-order valence-corrected chi connectivity index (χ3v) is 15.6. The molecule has 0 radical (unpaired) electrons. The van der Waals surface area contributed by atoms with Crippen molar-refractivity contribution >= 4 is 35.6 Å². The van der Waals surface area contributed by atoms with E-state index in [0.29, 0.717) is 63.5 Å². The fourth-order valence-corrected chi connectivity index (χ4v) is 10.9. The van der Waals surface area contributed by atoms with E-state index in [1.807, 2.05) is 27.7 Å². The van der Waals surface area contributed by atoms with Gasteiger partial charge in [-0.15, -0.1) is 0 Å². The topological polar surface area (TPSA) is 218 Å². The predicted octanol–water partition coefficient (Wildman–Crippen LogP) is 5.98. The van der Waals surface area contributed by atoms with Gasteiger partial charge in [-0.2, -0.15) is 0 Å². The summed E-state index contributed by atoms with van der Waals surface area (Å²) in [6.45, 7) is 14.2. The van der Waals surface area contributed by atoms with Gasteiger partial charge in [0.05, 0.1) is 31.5 Å². The minimum absolute atomic E-state index is 0.000779. The Kier molecular flexibility index (Phi) is 26.4. The Hall–Kier alpha value is -3.68. The van der Waals surface area contributed by atoms with Gasteiger partial charge in [0.1, 0.15) is 36.5 Å². The zero-order valence-corrected chi connectivity index (χ0v) is 45.2. The molecule has 0 aromatic rings. The quantitative estimate of drug-likeness (QED) is 0.101. The predicted molar refractivity (Wildman–Crippen MR) is 275 cm³/mol. The maximum Gasteiger partial charge on any atom is 0.329 e. The van der Waals surface area contributed by atoms with Crippen LogP contribution in [0.15, 0.2) is 40.6 Å². The van der Waals surface area contributed by atoms with Gasteiger partial charge in [-0.1, -0.05) is 64.0 Å². The molecule has 1 saturated carbocycles. The molecule has 4 aliphatic rings. The molecular formula is C55H91N5O12. The summed E-state index contributed by atoms with van der Waals surface area (Å²) in [6, 6.07) is -1.01. The van der Waals surface area contributed by atoms with E-state index in [2.05, 4.69) is 41.2 Å². The van der Waals surface area contributed by atoms with Crippen molar-refractivity contribution in [3.8, 4) is 0 Å². The van der Waals surface area contributed by atoms with Crippen LogP contribution in [0.5, 0.6) is 0 Å². The molecule has 1 saturated heterocycles. The van der Waals surface area contributed by atoms with Crippen molar-refractivity contribution in [2.75, 3.05) is 47.6 Å². The first-order chi connectivity index (χ1) is 34.4. The fraction of sp³-hybridized carbons (Fsp3) is 0.782. The molecular weight excluding hydrogens is 923 g/mol. The number of rotatable bonds is 12. The van der Waals surface area contributed by atoms with E-state index in [0.717, 1.165) is 42.8 Å². The van der Waals surface area contributed by atoms with Crippen LogP contribution in [-0.2, 0) is 47.7 Å². The Morgan fingerprint density at radius 3 is 2.40 bits per heavy atom. The van der Waals surface area contributed by atoms with Crippen molar-refractivity contribution in [2.24, 2.45) is 46.5 Å². The Balaban J connectivity index is 1.62. The summed E-state index contributed by atoms with van der Waals surface area (Å²) in [5.41, 5.74) is 8.50. The second kappa shape index (κ2) is 31.3. The Morgan fingerprint density at radius 1 is 0.958 bits per heavy atom. The third kappa shape index (κ3) is 18.9. The second-order valence-corrected chi connectivity index (χ2v) is 21.5. The Labute approximate surface area is 430 Å². The lowest BCUT2D eigenvalue weighted by Crippen LogP contribution is -3.03. The summed E-state index contributed by atoms with van der Waals surface area (Å²) in [6.07, 6.45) is 14.2.